The zero-order valence-electron chi connectivity index (χ0n) is 12.6. The van der Waals surface area contributed by atoms with Crippen molar-refractivity contribution in [3.05, 3.63) is 30.1 Å². The Bertz CT molecular complexity index is 513. The minimum absolute atomic E-state index is 0.0877. The number of halogens is 1. The second-order valence-electron chi connectivity index (χ2n) is 5.49. The van der Waals surface area contributed by atoms with Gasteiger partial charge in [-0.15, -0.1) is 0 Å². The SMILES string of the molecule is CC(CN(C)C(=O)C(C)(C)Oc1ccc(F)cc1)C(=O)O. The molecule has 0 bridgehead atoms. The molecule has 1 atom stereocenters. The minimum Gasteiger partial charge on any atom is -0.481 e. The van der Waals surface area contributed by atoms with Gasteiger partial charge in [0.15, 0.2) is 5.60 Å². The van der Waals surface area contributed by atoms with Gasteiger partial charge in [0.2, 0.25) is 0 Å². The summed E-state index contributed by atoms with van der Waals surface area (Å²) in [7, 11) is 1.53. The largest absolute Gasteiger partial charge is 0.481 e. The summed E-state index contributed by atoms with van der Waals surface area (Å²) in [6, 6.07) is 5.35. The van der Waals surface area contributed by atoms with Crippen LogP contribution in [0.4, 0.5) is 4.39 Å². The molecule has 1 N–H and O–H groups in total. The third-order valence-corrected chi connectivity index (χ3v) is 3.02. The van der Waals surface area contributed by atoms with E-state index in [0.717, 1.165) is 0 Å². The number of ether oxygens (including phenoxy) is 1. The molecule has 0 aromatic heterocycles. The lowest BCUT2D eigenvalue weighted by atomic mass is 10.1. The fraction of sp³-hybridized carbons (Fsp3) is 0.467. The number of rotatable bonds is 6. The molecule has 1 aromatic rings. The molecular formula is C15H20FNO4. The third-order valence-electron chi connectivity index (χ3n) is 3.02. The van der Waals surface area contributed by atoms with Crippen LogP contribution >= 0.6 is 0 Å². The predicted octanol–water partition coefficient (Wildman–Crippen LogP) is 2.16. The lowest BCUT2D eigenvalue weighted by Crippen LogP contribution is -2.49. The first-order valence-electron chi connectivity index (χ1n) is 6.56. The number of carboxylic acid groups (broad SMARTS) is 1. The molecule has 0 saturated heterocycles. The van der Waals surface area contributed by atoms with Crippen molar-refractivity contribution in [2.45, 2.75) is 26.4 Å². The maximum atomic E-state index is 12.8. The van der Waals surface area contributed by atoms with Crippen molar-refractivity contribution in [1.82, 2.24) is 4.90 Å². The molecule has 6 heteroatoms. The van der Waals surface area contributed by atoms with E-state index in [1.807, 2.05) is 0 Å². The first-order valence-corrected chi connectivity index (χ1v) is 6.56. The molecule has 1 amide bonds. The van der Waals surface area contributed by atoms with Crippen LogP contribution in [-0.4, -0.2) is 41.1 Å². The van der Waals surface area contributed by atoms with Crippen LogP contribution in [0, 0.1) is 11.7 Å². The highest BCUT2D eigenvalue weighted by molar-refractivity contribution is 5.85. The number of likely N-dealkylation sites (N-methyl/N-ethyl adjacent to an activating group) is 1. The highest BCUT2D eigenvalue weighted by Gasteiger charge is 2.33. The van der Waals surface area contributed by atoms with E-state index >= 15 is 0 Å². The van der Waals surface area contributed by atoms with Crippen molar-refractivity contribution in [3.63, 3.8) is 0 Å². The summed E-state index contributed by atoms with van der Waals surface area (Å²) in [6.07, 6.45) is 0. The van der Waals surface area contributed by atoms with Gasteiger partial charge in [-0.3, -0.25) is 9.59 Å². The average Bonchev–Trinajstić information content (AvgIpc) is 2.40. The summed E-state index contributed by atoms with van der Waals surface area (Å²) in [4.78, 5) is 24.5. The van der Waals surface area contributed by atoms with E-state index in [9.17, 15) is 14.0 Å². The molecule has 0 fully saturated rings. The molecule has 0 saturated carbocycles. The highest BCUT2D eigenvalue weighted by Crippen LogP contribution is 2.20. The van der Waals surface area contributed by atoms with E-state index in [1.54, 1.807) is 13.8 Å². The van der Waals surface area contributed by atoms with Crippen LogP contribution in [0.5, 0.6) is 5.75 Å². The molecule has 0 aliphatic heterocycles. The molecule has 116 valence electrons. The summed E-state index contributed by atoms with van der Waals surface area (Å²) in [5, 5.41) is 8.87. The molecular weight excluding hydrogens is 277 g/mol. The van der Waals surface area contributed by atoms with Gasteiger partial charge in [0.1, 0.15) is 11.6 Å². The minimum atomic E-state index is -1.18. The van der Waals surface area contributed by atoms with Crippen LogP contribution in [0.2, 0.25) is 0 Å². The van der Waals surface area contributed by atoms with Gasteiger partial charge < -0.3 is 14.7 Å². The zero-order chi connectivity index (χ0) is 16.2. The number of hydrogen-bond donors (Lipinski definition) is 1. The molecule has 5 nitrogen and oxygen atoms in total. The van der Waals surface area contributed by atoms with Crippen molar-refractivity contribution in [2.24, 2.45) is 5.92 Å². The van der Waals surface area contributed by atoms with Crippen LogP contribution < -0.4 is 4.74 Å². The second-order valence-corrected chi connectivity index (χ2v) is 5.49. The van der Waals surface area contributed by atoms with Crippen LogP contribution in [-0.2, 0) is 9.59 Å². The van der Waals surface area contributed by atoms with Crippen molar-refractivity contribution in [3.8, 4) is 5.75 Å². The van der Waals surface area contributed by atoms with Crippen LogP contribution in [0.3, 0.4) is 0 Å². The third kappa shape index (κ3) is 4.73. The summed E-state index contributed by atoms with van der Waals surface area (Å²) in [6.45, 7) is 4.78. The second kappa shape index (κ2) is 6.56. The number of carbonyl (C=O) groups excluding carboxylic acids is 1. The van der Waals surface area contributed by atoms with Crippen LogP contribution in [0.1, 0.15) is 20.8 Å². The fourth-order valence-electron chi connectivity index (χ4n) is 1.87. The Labute approximate surface area is 123 Å². The summed E-state index contributed by atoms with van der Waals surface area (Å²) < 4.78 is 18.4. The highest BCUT2D eigenvalue weighted by atomic mass is 19.1. The summed E-state index contributed by atoms with van der Waals surface area (Å²) in [5.74, 6) is -2.00. The standard InChI is InChI=1S/C15H20FNO4/c1-10(13(18)19)9-17(4)14(20)15(2,3)21-12-7-5-11(16)6-8-12/h5-8,10H,9H2,1-4H3,(H,18,19). The molecule has 0 spiro atoms. The molecule has 0 aliphatic rings. The number of carboxylic acids is 1. The van der Waals surface area contributed by atoms with Gasteiger partial charge in [0.05, 0.1) is 5.92 Å². The van der Waals surface area contributed by atoms with Crippen molar-refractivity contribution in [1.29, 1.82) is 0 Å². The van der Waals surface area contributed by atoms with Gasteiger partial charge >= 0.3 is 5.97 Å². The van der Waals surface area contributed by atoms with E-state index in [2.05, 4.69) is 0 Å². The zero-order valence-corrected chi connectivity index (χ0v) is 12.6. The molecule has 0 radical (unpaired) electrons. The van der Waals surface area contributed by atoms with Crippen LogP contribution in [0.15, 0.2) is 24.3 Å². The predicted molar refractivity (Wildman–Crippen MR) is 75.5 cm³/mol. The lowest BCUT2D eigenvalue weighted by molar-refractivity contribution is -0.147. The van der Waals surface area contributed by atoms with E-state index in [4.69, 9.17) is 9.84 Å². The Morgan fingerprint density at radius 3 is 2.33 bits per heavy atom. The quantitative estimate of drug-likeness (QED) is 0.874. The smallest absolute Gasteiger partial charge is 0.308 e. The van der Waals surface area contributed by atoms with E-state index in [0.29, 0.717) is 5.75 Å². The monoisotopic (exact) mass is 297 g/mol. The Morgan fingerprint density at radius 2 is 1.86 bits per heavy atom. The van der Waals surface area contributed by atoms with Gasteiger partial charge in [-0.25, -0.2) is 4.39 Å². The molecule has 1 unspecified atom stereocenters. The van der Waals surface area contributed by atoms with Gasteiger partial charge in [0.25, 0.3) is 5.91 Å². The normalized spacial score (nSPS) is 12.6. The first kappa shape index (κ1) is 16.9. The maximum Gasteiger partial charge on any atom is 0.308 e. The molecule has 0 aliphatic carbocycles. The molecule has 21 heavy (non-hydrogen) atoms. The molecule has 0 heterocycles. The topological polar surface area (TPSA) is 66.8 Å². The Morgan fingerprint density at radius 1 is 1.33 bits per heavy atom. The molecule has 1 aromatic carbocycles. The van der Waals surface area contributed by atoms with E-state index < -0.39 is 17.5 Å². The average molecular weight is 297 g/mol. The Kier molecular flexibility index (Phi) is 5.29. The maximum absolute atomic E-state index is 12.8. The number of nitrogens with zero attached hydrogens (tertiary/aromatic N) is 1. The summed E-state index contributed by atoms with van der Waals surface area (Å²) >= 11 is 0. The van der Waals surface area contributed by atoms with E-state index in [-0.39, 0.29) is 18.3 Å². The Hall–Kier alpha value is -2.11. The number of amides is 1. The summed E-state index contributed by atoms with van der Waals surface area (Å²) in [5.41, 5.74) is -1.18. The van der Waals surface area contributed by atoms with Gasteiger partial charge in [-0.05, 0) is 38.1 Å². The Balaban J connectivity index is 2.74. The lowest BCUT2D eigenvalue weighted by Gasteiger charge is -2.30. The van der Waals surface area contributed by atoms with Gasteiger partial charge in [-0.1, -0.05) is 6.92 Å². The fourth-order valence-corrected chi connectivity index (χ4v) is 1.87. The number of hydrogen-bond acceptors (Lipinski definition) is 3. The van der Waals surface area contributed by atoms with E-state index in [1.165, 1.54) is 43.1 Å². The van der Waals surface area contributed by atoms with Crippen LogP contribution in [0.25, 0.3) is 0 Å². The van der Waals surface area contributed by atoms with Crippen molar-refractivity contribution in [2.75, 3.05) is 13.6 Å². The number of carbonyl (C=O) groups is 2. The number of aliphatic carboxylic acids is 1. The van der Waals surface area contributed by atoms with Gasteiger partial charge in [-0.2, -0.15) is 0 Å². The first-order chi connectivity index (χ1) is 9.63. The van der Waals surface area contributed by atoms with Crippen molar-refractivity contribution < 1.29 is 23.8 Å². The van der Waals surface area contributed by atoms with Gasteiger partial charge in [0, 0.05) is 13.6 Å². The molecule has 1 rings (SSSR count). The number of benzene rings is 1. The van der Waals surface area contributed by atoms with Crippen molar-refractivity contribution >= 4 is 11.9 Å².